The van der Waals surface area contributed by atoms with Crippen molar-refractivity contribution < 1.29 is 4.79 Å². The van der Waals surface area contributed by atoms with Crippen LogP contribution in [-0.4, -0.2) is 15.5 Å². The van der Waals surface area contributed by atoms with Gasteiger partial charge >= 0.3 is 0 Å². The number of hydrogen-bond acceptors (Lipinski definition) is 3. The van der Waals surface area contributed by atoms with Gasteiger partial charge in [-0.1, -0.05) is 37.6 Å². The van der Waals surface area contributed by atoms with Crippen LogP contribution in [0.15, 0.2) is 53.6 Å². The van der Waals surface area contributed by atoms with E-state index < -0.39 is 0 Å². The highest BCUT2D eigenvalue weighted by Crippen LogP contribution is 2.20. The maximum Gasteiger partial charge on any atom is 0.261 e. The molecule has 0 radical (unpaired) electrons. The van der Waals surface area contributed by atoms with Gasteiger partial charge in [-0.25, -0.2) is 4.98 Å². The van der Waals surface area contributed by atoms with E-state index in [0.29, 0.717) is 27.5 Å². The minimum absolute atomic E-state index is 0.110. The van der Waals surface area contributed by atoms with Crippen molar-refractivity contribution >= 4 is 34.1 Å². The second kappa shape index (κ2) is 7.70. The number of nitrogens with one attached hydrogen (secondary N) is 1. The molecule has 0 saturated heterocycles. The summed E-state index contributed by atoms with van der Waals surface area (Å²) in [6.07, 6.45) is 2.44. The molecular formula is C20H20ClN3O2. The van der Waals surface area contributed by atoms with E-state index in [4.69, 9.17) is 11.6 Å². The fourth-order valence-electron chi connectivity index (χ4n) is 2.73. The third kappa shape index (κ3) is 3.94. The van der Waals surface area contributed by atoms with Gasteiger partial charge in [0.25, 0.3) is 5.56 Å². The zero-order valence-corrected chi connectivity index (χ0v) is 15.5. The summed E-state index contributed by atoms with van der Waals surface area (Å²) in [5, 5.41) is 3.66. The molecule has 1 heterocycles. The topological polar surface area (TPSA) is 64.0 Å². The van der Waals surface area contributed by atoms with Gasteiger partial charge in [0.15, 0.2) is 0 Å². The minimum Gasteiger partial charge on any atom is -0.325 e. The fraction of sp³-hybridized carbons (Fsp3) is 0.250. The zero-order chi connectivity index (χ0) is 18.7. The van der Waals surface area contributed by atoms with Gasteiger partial charge in [0.05, 0.1) is 17.2 Å². The van der Waals surface area contributed by atoms with E-state index in [9.17, 15) is 9.59 Å². The number of carbonyl (C=O) groups is 1. The van der Waals surface area contributed by atoms with Crippen LogP contribution in [0.1, 0.15) is 31.7 Å². The molecule has 0 saturated carbocycles. The number of nitrogens with zero attached hydrogens (tertiary/aromatic N) is 2. The highest BCUT2D eigenvalue weighted by Gasteiger charge is 2.09. The molecule has 0 unspecified atom stereocenters. The first-order valence-corrected chi connectivity index (χ1v) is 8.90. The number of aromatic nitrogens is 2. The van der Waals surface area contributed by atoms with Crippen LogP contribution in [-0.2, 0) is 11.3 Å². The Morgan fingerprint density at radius 3 is 2.65 bits per heavy atom. The number of fused-ring (bicyclic) bond motifs is 1. The number of rotatable bonds is 5. The summed E-state index contributed by atoms with van der Waals surface area (Å²) < 4.78 is 1.28. The lowest BCUT2D eigenvalue weighted by Crippen LogP contribution is -2.27. The third-order valence-electron chi connectivity index (χ3n) is 4.48. The Morgan fingerprint density at radius 1 is 1.23 bits per heavy atom. The van der Waals surface area contributed by atoms with E-state index in [1.165, 1.54) is 16.5 Å². The van der Waals surface area contributed by atoms with Gasteiger partial charge in [0, 0.05) is 10.7 Å². The molecule has 0 bridgehead atoms. The van der Waals surface area contributed by atoms with Crippen molar-refractivity contribution in [2.24, 2.45) is 0 Å². The number of benzene rings is 2. The van der Waals surface area contributed by atoms with E-state index in [-0.39, 0.29) is 18.0 Å². The van der Waals surface area contributed by atoms with Crippen LogP contribution in [0.5, 0.6) is 0 Å². The van der Waals surface area contributed by atoms with Gasteiger partial charge in [-0.2, -0.15) is 0 Å². The predicted octanol–water partition coefficient (Wildman–Crippen LogP) is 4.20. The molecule has 2 aromatic carbocycles. The average Bonchev–Trinajstić information content (AvgIpc) is 2.64. The van der Waals surface area contributed by atoms with Crippen LogP contribution < -0.4 is 10.9 Å². The van der Waals surface area contributed by atoms with Crippen molar-refractivity contribution in [3.63, 3.8) is 0 Å². The van der Waals surface area contributed by atoms with Gasteiger partial charge in [0.2, 0.25) is 5.91 Å². The molecule has 3 rings (SSSR count). The van der Waals surface area contributed by atoms with Gasteiger partial charge in [-0.05, 0) is 48.2 Å². The molecule has 0 aliphatic carbocycles. The lowest BCUT2D eigenvalue weighted by Gasteiger charge is -2.11. The minimum atomic E-state index is -0.292. The molecule has 3 aromatic rings. The number of hydrogen-bond donors (Lipinski definition) is 1. The van der Waals surface area contributed by atoms with Crippen LogP contribution in [0.3, 0.4) is 0 Å². The second-order valence-electron chi connectivity index (χ2n) is 6.32. The van der Waals surface area contributed by atoms with Crippen LogP contribution in [0.25, 0.3) is 10.9 Å². The normalized spacial score (nSPS) is 12.1. The maximum absolute atomic E-state index is 12.5. The summed E-state index contributed by atoms with van der Waals surface area (Å²) in [7, 11) is 0. The van der Waals surface area contributed by atoms with Gasteiger partial charge in [0.1, 0.15) is 6.54 Å². The first-order chi connectivity index (χ1) is 12.5. The molecular weight excluding hydrogens is 350 g/mol. The van der Waals surface area contributed by atoms with Crippen molar-refractivity contribution in [3.05, 3.63) is 69.7 Å². The molecule has 1 aromatic heterocycles. The van der Waals surface area contributed by atoms with Crippen LogP contribution in [0.4, 0.5) is 5.69 Å². The molecule has 0 aliphatic heterocycles. The highest BCUT2D eigenvalue weighted by molar-refractivity contribution is 6.31. The SMILES string of the molecule is CC[C@@H](C)c1ccc(NC(=O)Cn2cnc3ccc(Cl)cc3c2=O)cc1. The van der Waals surface area contributed by atoms with Crippen molar-refractivity contribution in [1.82, 2.24) is 9.55 Å². The third-order valence-corrected chi connectivity index (χ3v) is 4.71. The predicted molar refractivity (Wildman–Crippen MR) is 105 cm³/mol. The lowest BCUT2D eigenvalue weighted by atomic mass is 9.99. The van der Waals surface area contributed by atoms with Gasteiger partial charge in [-0.15, -0.1) is 0 Å². The van der Waals surface area contributed by atoms with Crippen molar-refractivity contribution in [2.75, 3.05) is 5.32 Å². The Morgan fingerprint density at radius 2 is 1.96 bits per heavy atom. The average molecular weight is 370 g/mol. The molecule has 0 aliphatic rings. The first kappa shape index (κ1) is 18.1. The summed E-state index contributed by atoms with van der Waals surface area (Å²) >= 11 is 5.95. The summed E-state index contributed by atoms with van der Waals surface area (Å²) in [5.74, 6) is 0.195. The molecule has 5 nitrogen and oxygen atoms in total. The Balaban J connectivity index is 1.75. The Labute approximate surface area is 156 Å². The molecule has 134 valence electrons. The molecule has 1 atom stereocenters. The zero-order valence-electron chi connectivity index (χ0n) is 14.7. The quantitative estimate of drug-likeness (QED) is 0.733. The van der Waals surface area contributed by atoms with E-state index in [1.54, 1.807) is 18.2 Å². The van der Waals surface area contributed by atoms with E-state index in [2.05, 4.69) is 24.1 Å². The van der Waals surface area contributed by atoms with Gasteiger partial charge < -0.3 is 5.32 Å². The van der Waals surface area contributed by atoms with Gasteiger partial charge in [-0.3, -0.25) is 14.2 Å². The summed E-state index contributed by atoms with van der Waals surface area (Å²) in [6.45, 7) is 4.20. The monoisotopic (exact) mass is 369 g/mol. The van der Waals surface area contributed by atoms with Crippen molar-refractivity contribution in [3.8, 4) is 0 Å². The molecule has 1 N–H and O–H groups in total. The van der Waals surface area contributed by atoms with E-state index in [0.717, 1.165) is 6.42 Å². The molecule has 0 fully saturated rings. The summed E-state index contributed by atoms with van der Waals surface area (Å²) in [5.41, 5.74) is 2.20. The second-order valence-corrected chi connectivity index (χ2v) is 6.76. The smallest absolute Gasteiger partial charge is 0.261 e. The number of carbonyl (C=O) groups excluding carboxylic acids is 1. The molecule has 0 spiro atoms. The van der Waals surface area contributed by atoms with Crippen LogP contribution in [0.2, 0.25) is 5.02 Å². The molecule has 6 heteroatoms. The lowest BCUT2D eigenvalue weighted by molar-refractivity contribution is -0.116. The Bertz CT molecular complexity index is 996. The number of anilines is 1. The number of amides is 1. The highest BCUT2D eigenvalue weighted by atomic mass is 35.5. The van der Waals surface area contributed by atoms with Crippen LogP contribution in [0, 0.1) is 0 Å². The largest absolute Gasteiger partial charge is 0.325 e. The summed E-state index contributed by atoms with van der Waals surface area (Å²) in [6, 6.07) is 12.7. The Kier molecular flexibility index (Phi) is 5.38. The summed E-state index contributed by atoms with van der Waals surface area (Å²) in [4.78, 5) is 29.0. The number of halogens is 1. The maximum atomic E-state index is 12.5. The fourth-order valence-corrected chi connectivity index (χ4v) is 2.90. The van der Waals surface area contributed by atoms with E-state index >= 15 is 0 Å². The first-order valence-electron chi connectivity index (χ1n) is 8.52. The van der Waals surface area contributed by atoms with Crippen LogP contribution >= 0.6 is 11.6 Å². The Hall–Kier alpha value is -2.66. The van der Waals surface area contributed by atoms with E-state index in [1.807, 2.05) is 24.3 Å². The molecule has 26 heavy (non-hydrogen) atoms. The van der Waals surface area contributed by atoms with Crippen molar-refractivity contribution in [2.45, 2.75) is 32.7 Å². The van der Waals surface area contributed by atoms with Crippen molar-refractivity contribution in [1.29, 1.82) is 0 Å². The standard InChI is InChI=1S/C20H20ClN3O2/c1-3-13(2)14-4-7-16(8-5-14)23-19(25)11-24-12-22-18-9-6-15(21)10-17(18)20(24)26/h4-10,12-13H,3,11H2,1-2H3,(H,23,25)/t13-/m1/s1. The molecule has 1 amide bonds.